The molecule has 106 valence electrons. The van der Waals surface area contributed by atoms with Gasteiger partial charge in [-0.05, 0) is 26.0 Å². The predicted octanol–water partition coefficient (Wildman–Crippen LogP) is 2.59. The molecular weight excluding hydrogens is 286 g/mol. The third kappa shape index (κ3) is 2.82. The van der Waals surface area contributed by atoms with Gasteiger partial charge in [0.1, 0.15) is 12.1 Å². The third-order valence-corrected chi connectivity index (χ3v) is 4.01. The summed E-state index contributed by atoms with van der Waals surface area (Å²) in [6.45, 7) is 3.90. The fraction of sp³-hybridized carbons (Fsp3) is 0.143. The van der Waals surface area contributed by atoms with E-state index in [4.69, 9.17) is 0 Å². The molecule has 0 aliphatic carbocycles. The fourth-order valence-electron chi connectivity index (χ4n) is 1.79. The summed E-state index contributed by atoms with van der Waals surface area (Å²) in [5.74, 6) is 0.444. The predicted molar refractivity (Wildman–Crippen MR) is 80.9 cm³/mol. The highest BCUT2D eigenvalue weighted by atomic mass is 32.1. The van der Waals surface area contributed by atoms with Gasteiger partial charge in [0.15, 0.2) is 5.13 Å². The van der Waals surface area contributed by atoms with Crippen molar-refractivity contribution in [1.82, 2.24) is 19.5 Å². The SMILES string of the molecule is Cc1nc(NC(=O)c2ccnc(-n3ccnc3)c2)sc1C. The van der Waals surface area contributed by atoms with E-state index < -0.39 is 0 Å². The molecule has 7 heteroatoms. The molecule has 0 unspecified atom stereocenters. The Bertz CT molecular complexity index is 759. The summed E-state index contributed by atoms with van der Waals surface area (Å²) in [4.78, 5) is 25.8. The zero-order valence-corrected chi connectivity index (χ0v) is 12.4. The van der Waals surface area contributed by atoms with Crippen molar-refractivity contribution in [2.75, 3.05) is 5.32 Å². The van der Waals surface area contributed by atoms with E-state index in [0.29, 0.717) is 16.5 Å². The standard InChI is InChI=1S/C14H13N5OS/c1-9-10(2)21-14(17-9)18-13(20)11-3-4-16-12(7-11)19-6-5-15-8-19/h3-8H,1-2H3,(H,17,18,20). The summed E-state index contributed by atoms with van der Waals surface area (Å²) in [6, 6.07) is 3.38. The molecule has 0 radical (unpaired) electrons. The first-order chi connectivity index (χ1) is 10.1. The topological polar surface area (TPSA) is 72.7 Å². The number of carbonyl (C=O) groups excluding carboxylic acids is 1. The fourth-order valence-corrected chi connectivity index (χ4v) is 2.60. The number of nitrogens with one attached hydrogen (secondary N) is 1. The second-order valence-electron chi connectivity index (χ2n) is 4.49. The number of aryl methyl sites for hydroxylation is 2. The van der Waals surface area contributed by atoms with Crippen molar-refractivity contribution in [3.8, 4) is 5.82 Å². The molecule has 1 amide bonds. The van der Waals surface area contributed by atoms with Gasteiger partial charge in [-0.15, -0.1) is 11.3 Å². The van der Waals surface area contributed by atoms with Crippen molar-refractivity contribution in [2.24, 2.45) is 0 Å². The third-order valence-electron chi connectivity index (χ3n) is 3.03. The van der Waals surface area contributed by atoms with Gasteiger partial charge in [-0.1, -0.05) is 0 Å². The molecule has 21 heavy (non-hydrogen) atoms. The number of aromatic nitrogens is 4. The number of anilines is 1. The van der Waals surface area contributed by atoms with Gasteiger partial charge < -0.3 is 0 Å². The Hall–Kier alpha value is -2.54. The normalized spacial score (nSPS) is 10.6. The van der Waals surface area contributed by atoms with Gasteiger partial charge in [0, 0.05) is 29.0 Å². The lowest BCUT2D eigenvalue weighted by molar-refractivity contribution is 0.102. The number of thiazole rings is 1. The molecule has 0 spiro atoms. The van der Waals surface area contributed by atoms with Gasteiger partial charge in [0.2, 0.25) is 0 Å². The first-order valence-corrected chi connectivity index (χ1v) is 7.15. The maximum absolute atomic E-state index is 12.3. The monoisotopic (exact) mass is 299 g/mol. The van der Waals surface area contributed by atoms with E-state index in [1.165, 1.54) is 11.3 Å². The van der Waals surface area contributed by atoms with E-state index in [1.807, 2.05) is 13.8 Å². The Kier molecular flexibility index (Phi) is 3.49. The molecule has 3 heterocycles. The van der Waals surface area contributed by atoms with Crippen LogP contribution in [0.5, 0.6) is 0 Å². The lowest BCUT2D eigenvalue weighted by Crippen LogP contribution is -2.12. The first kappa shape index (κ1) is 13.4. The number of amides is 1. The smallest absolute Gasteiger partial charge is 0.257 e. The van der Waals surface area contributed by atoms with Gasteiger partial charge in [-0.25, -0.2) is 15.0 Å². The molecule has 0 saturated heterocycles. The lowest BCUT2D eigenvalue weighted by atomic mass is 10.2. The molecule has 6 nitrogen and oxygen atoms in total. The van der Waals surface area contributed by atoms with Gasteiger partial charge >= 0.3 is 0 Å². The summed E-state index contributed by atoms with van der Waals surface area (Å²) in [5.41, 5.74) is 1.46. The van der Waals surface area contributed by atoms with E-state index >= 15 is 0 Å². The highest BCUT2D eigenvalue weighted by molar-refractivity contribution is 7.15. The number of imidazole rings is 1. The molecule has 0 atom stereocenters. The lowest BCUT2D eigenvalue weighted by Gasteiger charge is -2.04. The Morgan fingerprint density at radius 1 is 1.33 bits per heavy atom. The summed E-state index contributed by atoms with van der Waals surface area (Å²) in [7, 11) is 0. The molecule has 0 fully saturated rings. The average molecular weight is 299 g/mol. The number of pyridine rings is 1. The summed E-state index contributed by atoms with van der Waals surface area (Å²) >= 11 is 1.47. The molecule has 0 aliphatic heterocycles. The Morgan fingerprint density at radius 3 is 2.86 bits per heavy atom. The van der Waals surface area contributed by atoms with Crippen LogP contribution in [0.1, 0.15) is 20.9 Å². The van der Waals surface area contributed by atoms with Crippen LogP contribution in [0.4, 0.5) is 5.13 Å². The van der Waals surface area contributed by atoms with Crippen LogP contribution >= 0.6 is 11.3 Å². The summed E-state index contributed by atoms with van der Waals surface area (Å²) in [5, 5.41) is 3.42. The zero-order chi connectivity index (χ0) is 14.8. The molecule has 3 rings (SSSR count). The van der Waals surface area contributed by atoms with Gasteiger partial charge in [-0.3, -0.25) is 14.7 Å². The Morgan fingerprint density at radius 2 is 2.19 bits per heavy atom. The van der Waals surface area contributed by atoms with Crippen LogP contribution in [0.3, 0.4) is 0 Å². The molecule has 0 aromatic carbocycles. The molecule has 1 N–H and O–H groups in total. The molecule has 0 aliphatic rings. The van der Waals surface area contributed by atoms with E-state index in [1.54, 1.807) is 41.6 Å². The molecule has 3 aromatic rings. The molecule has 3 aromatic heterocycles. The Balaban J connectivity index is 1.83. The van der Waals surface area contributed by atoms with Crippen LogP contribution < -0.4 is 5.32 Å². The molecular formula is C14H13N5OS. The van der Waals surface area contributed by atoms with Gasteiger partial charge in [0.25, 0.3) is 5.91 Å². The number of carbonyl (C=O) groups is 1. The van der Waals surface area contributed by atoms with Crippen molar-refractivity contribution >= 4 is 22.4 Å². The number of hydrogen-bond donors (Lipinski definition) is 1. The Labute approximate surface area is 125 Å². The van der Waals surface area contributed by atoms with Crippen LogP contribution in [0.2, 0.25) is 0 Å². The van der Waals surface area contributed by atoms with Crippen LogP contribution in [-0.2, 0) is 0 Å². The maximum atomic E-state index is 12.3. The number of nitrogens with zero attached hydrogens (tertiary/aromatic N) is 4. The van der Waals surface area contributed by atoms with E-state index in [2.05, 4.69) is 20.3 Å². The maximum Gasteiger partial charge on any atom is 0.257 e. The highest BCUT2D eigenvalue weighted by Gasteiger charge is 2.11. The second-order valence-corrected chi connectivity index (χ2v) is 5.69. The van der Waals surface area contributed by atoms with Crippen molar-refractivity contribution in [2.45, 2.75) is 13.8 Å². The van der Waals surface area contributed by atoms with Crippen LogP contribution in [-0.4, -0.2) is 25.4 Å². The van der Waals surface area contributed by atoms with Crippen LogP contribution in [0, 0.1) is 13.8 Å². The van der Waals surface area contributed by atoms with Crippen molar-refractivity contribution < 1.29 is 4.79 Å². The van der Waals surface area contributed by atoms with E-state index in [-0.39, 0.29) is 5.91 Å². The van der Waals surface area contributed by atoms with Gasteiger partial charge in [0.05, 0.1) is 5.69 Å². The minimum Gasteiger partial charge on any atom is -0.298 e. The van der Waals surface area contributed by atoms with E-state index in [0.717, 1.165) is 10.6 Å². The van der Waals surface area contributed by atoms with Crippen LogP contribution in [0.15, 0.2) is 37.1 Å². The highest BCUT2D eigenvalue weighted by Crippen LogP contribution is 2.21. The largest absolute Gasteiger partial charge is 0.298 e. The quantitative estimate of drug-likeness (QED) is 0.807. The zero-order valence-electron chi connectivity index (χ0n) is 11.6. The van der Waals surface area contributed by atoms with Crippen molar-refractivity contribution in [3.63, 3.8) is 0 Å². The average Bonchev–Trinajstić information content (AvgIpc) is 3.10. The molecule has 0 saturated carbocycles. The second kappa shape index (κ2) is 5.45. The minimum atomic E-state index is -0.201. The summed E-state index contributed by atoms with van der Waals surface area (Å²) < 4.78 is 1.74. The first-order valence-electron chi connectivity index (χ1n) is 6.33. The number of hydrogen-bond acceptors (Lipinski definition) is 5. The van der Waals surface area contributed by atoms with Gasteiger partial charge in [-0.2, -0.15) is 0 Å². The van der Waals surface area contributed by atoms with Crippen molar-refractivity contribution in [1.29, 1.82) is 0 Å². The van der Waals surface area contributed by atoms with E-state index in [9.17, 15) is 4.79 Å². The number of rotatable bonds is 3. The minimum absolute atomic E-state index is 0.201. The van der Waals surface area contributed by atoms with Crippen molar-refractivity contribution in [3.05, 3.63) is 53.2 Å². The molecule has 0 bridgehead atoms. The van der Waals surface area contributed by atoms with Crippen LogP contribution in [0.25, 0.3) is 5.82 Å². The summed E-state index contributed by atoms with van der Waals surface area (Å²) in [6.07, 6.45) is 6.67.